The van der Waals surface area contributed by atoms with Gasteiger partial charge in [0.25, 0.3) is 0 Å². The Morgan fingerprint density at radius 3 is 1.69 bits per heavy atom. The summed E-state index contributed by atoms with van der Waals surface area (Å²) < 4.78 is 33.7. The van der Waals surface area contributed by atoms with Gasteiger partial charge in [-0.2, -0.15) is 0 Å². The molecule has 4 atom stereocenters. The van der Waals surface area contributed by atoms with Crippen LogP contribution >= 0.6 is 31.9 Å². The predicted molar refractivity (Wildman–Crippen MR) is 214 cm³/mol. The Hall–Kier alpha value is -2.71. The lowest BCUT2D eigenvalue weighted by atomic mass is 9.92. The van der Waals surface area contributed by atoms with Crippen molar-refractivity contribution in [3.8, 4) is 0 Å². The largest absolute Gasteiger partial charge is 0.519 e. The average Bonchev–Trinajstić information content (AvgIpc) is 3.75. The topological polar surface area (TPSA) is 122 Å². The van der Waals surface area contributed by atoms with Gasteiger partial charge >= 0.3 is 18.4 Å². The number of nitrogens with zero attached hydrogens (tertiary/aromatic N) is 1. The number of benzene rings is 2. The van der Waals surface area contributed by atoms with Crippen molar-refractivity contribution in [1.29, 1.82) is 0 Å². The monoisotopic (exact) mass is 880 g/mol. The fourth-order valence-corrected chi connectivity index (χ4v) is 7.61. The summed E-state index contributed by atoms with van der Waals surface area (Å²) in [6, 6.07) is 13.5. The van der Waals surface area contributed by atoms with Crippen molar-refractivity contribution in [3.63, 3.8) is 0 Å². The van der Waals surface area contributed by atoms with E-state index in [4.69, 9.17) is 23.7 Å². The summed E-state index contributed by atoms with van der Waals surface area (Å²) in [5, 5.41) is 3.55. The highest BCUT2D eigenvalue weighted by molar-refractivity contribution is 9.10. The van der Waals surface area contributed by atoms with E-state index in [2.05, 4.69) is 72.2 Å². The highest BCUT2D eigenvalue weighted by Gasteiger charge is 2.40. The van der Waals surface area contributed by atoms with Gasteiger partial charge in [-0.3, -0.25) is 0 Å². The van der Waals surface area contributed by atoms with Crippen molar-refractivity contribution in [2.75, 3.05) is 26.3 Å². The van der Waals surface area contributed by atoms with E-state index < -0.39 is 29.1 Å². The maximum atomic E-state index is 12.5. The Labute approximate surface area is 337 Å². The molecule has 2 fully saturated rings. The van der Waals surface area contributed by atoms with Crippen LogP contribution in [0.25, 0.3) is 0 Å². The number of hydrogen-bond donors (Lipinski definition) is 1. The van der Waals surface area contributed by atoms with Crippen molar-refractivity contribution in [2.45, 2.75) is 142 Å². The molecule has 13 heteroatoms. The van der Waals surface area contributed by atoms with E-state index in [0.29, 0.717) is 12.6 Å². The summed E-state index contributed by atoms with van der Waals surface area (Å²) >= 11 is 7.07. The number of amides is 1. The molecular formula is C41H58Br2N2O9. The Kier molecular flexibility index (Phi) is 15.4. The van der Waals surface area contributed by atoms with Gasteiger partial charge in [-0.1, -0.05) is 44.0 Å². The number of fused-ring (bicyclic) bond motifs is 2. The Morgan fingerprint density at radius 2 is 1.20 bits per heavy atom. The number of nitrogens with one attached hydrogen (secondary N) is 1. The number of rotatable bonds is 2. The van der Waals surface area contributed by atoms with E-state index in [0.717, 1.165) is 49.9 Å². The minimum absolute atomic E-state index is 0.0538. The summed E-state index contributed by atoms with van der Waals surface area (Å²) in [7, 11) is 0. The number of carbonyl (C=O) groups is 3. The molecule has 2 saturated heterocycles. The van der Waals surface area contributed by atoms with Gasteiger partial charge in [0.15, 0.2) is 0 Å². The first-order valence-electron chi connectivity index (χ1n) is 18.9. The molecule has 0 spiro atoms. The van der Waals surface area contributed by atoms with Gasteiger partial charge in [-0.15, -0.1) is 0 Å². The molecule has 1 amide bonds. The van der Waals surface area contributed by atoms with E-state index in [1.54, 1.807) is 41.5 Å². The summed E-state index contributed by atoms with van der Waals surface area (Å²) in [4.78, 5) is 36.4. The number of carbonyl (C=O) groups excluding carboxylic acids is 3. The first kappa shape index (κ1) is 44.0. The SMILES string of the molecule is Brc1ccc2c(c1)CCO[C@@H]2[C@@H]1CCCN1.CC(C)(C)OC(=O)N1CCC[C@H]1[C@H]1OCCc2cc(Br)ccc21.CC(C)(C)OC(=O)OC(=O)OC(C)(C)C. The van der Waals surface area contributed by atoms with E-state index in [1.165, 1.54) is 39.6 Å². The zero-order chi connectivity index (χ0) is 39.8. The highest BCUT2D eigenvalue weighted by atomic mass is 79.9. The molecule has 0 saturated carbocycles. The third-order valence-electron chi connectivity index (χ3n) is 8.85. The minimum atomic E-state index is -1.06. The van der Waals surface area contributed by atoms with Crippen molar-refractivity contribution < 1.29 is 42.8 Å². The molecule has 2 aromatic rings. The van der Waals surface area contributed by atoms with Gasteiger partial charge in [0.2, 0.25) is 0 Å². The number of ether oxygens (including phenoxy) is 6. The van der Waals surface area contributed by atoms with E-state index in [1.807, 2.05) is 31.7 Å². The molecule has 0 radical (unpaired) electrons. The first-order chi connectivity index (χ1) is 25.2. The fourth-order valence-electron chi connectivity index (χ4n) is 6.79. The molecule has 2 aromatic carbocycles. The van der Waals surface area contributed by atoms with Gasteiger partial charge in [0.05, 0.1) is 25.4 Å². The summed E-state index contributed by atoms with van der Waals surface area (Å²) in [6.45, 7) is 19.2. The molecule has 11 nitrogen and oxygen atoms in total. The fraction of sp³-hybridized carbons (Fsp3) is 0.634. The maximum absolute atomic E-state index is 12.5. The standard InChI is InChI=1S/C18H24BrNO3.C13H16BrNO.C10H18O5/c1-18(2,3)23-17(21)20-9-4-5-15(20)16-14-7-6-13(19)11-12(14)8-10-22-16;14-10-3-4-11-9(8-10)5-7-16-13(11)12-2-1-6-15-12;1-9(2,3)14-7(11)13-8(12)15-10(4,5)6/h6-7,11,15-16H,4-5,8-10H2,1-3H3;3-4,8,12-13,15H,1-2,5-7H2;1-6H3/t15-,16-;12-,13-;/m00./s1. The summed E-state index contributed by atoms with van der Waals surface area (Å²) in [5.41, 5.74) is 3.48. The van der Waals surface area contributed by atoms with Crippen LogP contribution in [0.15, 0.2) is 45.3 Å². The zero-order valence-electron chi connectivity index (χ0n) is 33.2. The third-order valence-corrected chi connectivity index (χ3v) is 9.83. The van der Waals surface area contributed by atoms with Gasteiger partial charge in [-0.05, 0) is 154 Å². The van der Waals surface area contributed by atoms with Gasteiger partial charge < -0.3 is 38.6 Å². The van der Waals surface area contributed by atoms with Crippen LogP contribution in [0, 0.1) is 0 Å². The van der Waals surface area contributed by atoms with E-state index >= 15 is 0 Å². The normalized spacial score (nSPS) is 22.3. The predicted octanol–water partition coefficient (Wildman–Crippen LogP) is 10.2. The van der Waals surface area contributed by atoms with Crippen molar-refractivity contribution in [1.82, 2.24) is 10.2 Å². The second-order valence-corrected chi connectivity index (χ2v) is 18.7. The Balaban J connectivity index is 0.000000187. The highest BCUT2D eigenvalue weighted by Crippen LogP contribution is 2.38. The molecule has 300 valence electrons. The van der Waals surface area contributed by atoms with Gasteiger partial charge in [-0.25, -0.2) is 14.4 Å². The van der Waals surface area contributed by atoms with Crippen molar-refractivity contribution >= 4 is 50.3 Å². The zero-order valence-corrected chi connectivity index (χ0v) is 36.4. The molecule has 4 aliphatic heterocycles. The minimum Gasteiger partial charge on any atom is -0.444 e. The van der Waals surface area contributed by atoms with E-state index in [-0.39, 0.29) is 24.3 Å². The average molecular weight is 883 g/mol. The lowest BCUT2D eigenvalue weighted by Gasteiger charge is -2.36. The molecule has 4 heterocycles. The molecule has 6 rings (SSSR count). The molecule has 4 aliphatic rings. The number of hydrogen-bond acceptors (Lipinski definition) is 10. The van der Waals surface area contributed by atoms with Crippen LogP contribution in [0.1, 0.15) is 122 Å². The van der Waals surface area contributed by atoms with Gasteiger partial charge in [0.1, 0.15) is 22.9 Å². The Morgan fingerprint density at radius 1 is 0.704 bits per heavy atom. The molecule has 1 N–H and O–H groups in total. The molecule has 0 bridgehead atoms. The molecule has 54 heavy (non-hydrogen) atoms. The molecule has 0 unspecified atom stereocenters. The van der Waals surface area contributed by atoms with Crippen LogP contribution in [0.5, 0.6) is 0 Å². The van der Waals surface area contributed by atoms with Crippen LogP contribution in [-0.2, 0) is 41.3 Å². The molecule has 0 aliphatic carbocycles. The van der Waals surface area contributed by atoms with Crippen LogP contribution in [0.3, 0.4) is 0 Å². The number of halogens is 2. The number of likely N-dealkylation sites (tertiary alicyclic amines) is 1. The lowest BCUT2D eigenvalue weighted by molar-refractivity contribution is -0.0295. The van der Waals surface area contributed by atoms with Crippen molar-refractivity contribution in [2.24, 2.45) is 0 Å². The summed E-state index contributed by atoms with van der Waals surface area (Å²) in [6.07, 6.45) is 4.29. The van der Waals surface area contributed by atoms with Crippen LogP contribution < -0.4 is 5.32 Å². The van der Waals surface area contributed by atoms with Crippen LogP contribution in [-0.4, -0.2) is 78.5 Å². The first-order valence-corrected chi connectivity index (χ1v) is 20.4. The lowest BCUT2D eigenvalue weighted by Crippen LogP contribution is -2.43. The quantitative estimate of drug-likeness (QED) is 0.177. The molecular weight excluding hydrogens is 824 g/mol. The van der Waals surface area contributed by atoms with Crippen molar-refractivity contribution in [3.05, 3.63) is 67.6 Å². The Bertz CT molecular complexity index is 1570. The second kappa shape index (κ2) is 19.0. The van der Waals surface area contributed by atoms with Gasteiger partial charge in [0, 0.05) is 21.5 Å². The van der Waals surface area contributed by atoms with E-state index in [9.17, 15) is 14.4 Å². The second-order valence-electron chi connectivity index (χ2n) is 16.9. The third kappa shape index (κ3) is 13.8. The van der Waals surface area contributed by atoms with Crippen LogP contribution in [0.4, 0.5) is 14.4 Å². The molecule has 0 aromatic heterocycles. The smallest absolute Gasteiger partial charge is 0.444 e. The summed E-state index contributed by atoms with van der Waals surface area (Å²) in [5.74, 6) is 0. The maximum Gasteiger partial charge on any atom is 0.519 e. The van der Waals surface area contributed by atoms with Crippen LogP contribution in [0.2, 0.25) is 0 Å².